The molecule has 24 heavy (non-hydrogen) atoms. The number of nitrogens with one attached hydrogen (secondary N) is 1. The van der Waals surface area contributed by atoms with Gasteiger partial charge in [0.25, 0.3) is 0 Å². The molecule has 0 unspecified atom stereocenters. The van der Waals surface area contributed by atoms with Gasteiger partial charge >= 0.3 is 0 Å². The average Bonchev–Trinajstić information content (AvgIpc) is 3.31. The monoisotopic (exact) mass is 315 g/mol. The van der Waals surface area contributed by atoms with Crippen molar-refractivity contribution < 1.29 is 0 Å². The Morgan fingerprint density at radius 1 is 0.792 bits per heavy atom. The van der Waals surface area contributed by atoms with Crippen molar-refractivity contribution in [1.82, 2.24) is 19.3 Å². The molecule has 5 heteroatoms. The predicted octanol–water partition coefficient (Wildman–Crippen LogP) is 3.67. The van der Waals surface area contributed by atoms with Crippen molar-refractivity contribution in [2.45, 2.75) is 6.54 Å². The second kappa shape index (κ2) is 6.42. The number of nitrogens with zero attached hydrogens (tertiary/aromatic N) is 4. The molecule has 0 radical (unpaired) electrons. The number of para-hydroxylation sites is 2. The smallest absolute Gasteiger partial charge is 0.148 e. The lowest BCUT2D eigenvalue weighted by Crippen LogP contribution is -2.07. The molecule has 4 aromatic rings. The Labute approximate surface area is 140 Å². The van der Waals surface area contributed by atoms with Gasteiger partial charge in [-0.1, -0.05) is 36.4 Å². The minimum absolute atomic E-state index is 0.605. The summed E-state index contributed by atoms with van der Waals surface area (Å²) >= 11 is 0. The molecule has 2 aromatic carbocycles. The number of benzene rings is 2. The summed E-state index contributed by atoms with van der Waals surface area (Å²) in [6.07, 6.45) is 5.73. The first-order valence-electron chi connectivity index (χ1n) is 7.83. The highest BCUT2D eigenvalue weighted by Crippen LogP contribution is 2.13. The van der Waals surface area contributed by atoms with Crippen LogP contribution in [0.25, 0.3) is 11.4 Å². The van der Waals surface area contributed by atoms with Crippen LogP contribution in [0.5, 0.6) is 0 Å². The first-order valence-corrected chi connectivity index (χ1v) is 7.83. The van der Waals surface area contributed by atoms with Crippen LogP contribution in [0.2, 0.25) is 0 Å². The first kappa shape index (κ1) is 14.3. The van der Waals surface area contributed by atoms with Crippen LogP contribution in [-0.4, -0.2) is 19.3 Å². The Morgan fingerprint density at radius 3 is 2.25 bits per heavy atom. The van der Waals surface area contributed by atoms with Gasteiger partial charge in [0.2, 0.25) is 0 Å². The Kier molecular flexibility index (Phi) is 3.81. The summed E-state index contributed by atoms with van der Waals surface area (Å²) in [4.78, 5) is 4.44. The van der Waals surface area contributed by atoms with Gasteiger partial charge in [0.15, 0.2) is 0 Å². The molecule has 0 aliphatic rings. The van der Waals surface area contributed by atoms with Gasteiger partial charge in [-0.3, -0.25) is 0 Å². The van der Waals surface area contributed by atoms with Crippen LogP contribution in [0.15, 0.2) is 85.3 Å². The summed E-state index contributed by atoms with van der Waals surface area (Å²) in [6, 6.07) is 22.2. The summed E-state index contributed by atoms with van der Waals surface area (Å²) in [5.41, 5.74) is 2.14. The second-order valence-electron chi connectivity index (χ2n) is 5.38. The van der Waals surface area contributed by atoms with Gasteiger partial charge in [0, 0.05) is 30.3 Å². The van der Waals surface area contributed by atoms with Crippen LogP contribution in [0.3, 0.4) is 0 Å². The normalized spacial score (nSPS) is 10.7. The van der Waals surface area contributed by atoms with E-state index in [1.165, 1.54) is 0 Å². The maximum Gasteiger partial charge on any atom is 0.148 e. The fraction of sp³-hybridized carbons (Fsp3) is 0.0526. The zero-order valence-corrected chi connectivity index (χ0v) is 13.1. The molecule has 0 saturated carbocycles. The molecule has 0 aliphatic heterocycles. The quantitative estimate of drug-likeness (QED) is 0.611. The summed E-state index contributed by atoms with van der Waals surface area (Å²) in [7, 11) is 0. The average molecular weight is 315 g/mol. The maximum atomic E-state index is 4.55. The molecule has 0 aliphatic carbocycles. The van der Waals surface area contributed by atoms with Crippen LogP contribution in [0, 0.1) is 0 Å². The maximum absolute atomic E-state index is 4.55. The SMILES string of the molecule is c1ccc(-n2ccc(NCc3nccn3-c3ccccc3)n2)cc1. The highest BCUT2D eigenvalue weighted by Gasteiger charge is 2.06. The summed E-state index contributed by atoms with van der Waals surface area (Å²) in [5.74, 6) is 1.76. The van der Waals surface area contributed by atoms with Crippen molar-refractivity contribution in [3.05, 3.63) is 91.1 Å². The van der Waals surface area contributed by atoms with Gasteiger partial charge in [-0.2, -0.15) is 5.10 Å². The fourth-order valence-electron chi connectivity index (χ4n) is 2.60. The van der Waals surface area contributed by atoms with Crippen molar-refractivity contribution in [1.29, 1.82) is 0 Å². The number of hydrogen-bond donors (Lipinski definition) is 1. The van der Waals surface area contributed by atoms with E-state index >= 15 is 0 Å². The molecular formula is C19H17N5. The van der Waals surface area contributed by atoms with E-state index in [4.69, 9.17) is 0 Å². The molecule has 1 N–H and O–H groups in total. The minimum atomic E-state index is 0.605. The largest absolute Gasteiger partial charge is 0.361 e. The van der Waals surface area contributed by atoms with Crippen molar-refractivity contribution in [3.8, 4) is 11.4 Å². The lowest BCUT2D eigenvalue weighted by Gasteiger charge is -2.08. The lowest BCUT2D eigenvalue weighted by atomic mass is 10.3. The predicted molar refractivity (Wildman–Crippen MR) is 94.5 cm³/mol. The Morgan fingerprint density at radius 2 is 1.50 bits per heavy atom. The van der Waals surface area contributed by atoms with Crippen LogP contribution in [-0.2, 0) is 6.54 Å². The standard InChI is InChI=1S/C19H17N5/c1-3-7-16(8-4-1)23-14-12-20-19(23)15-21-18-11-13-24(22-18)17-9-5-2-6-10-17/h1-14H,15H2,(H,21,22). The number of aromatic nitrogens is 4. The van der Waals surface area contributed by atoms with E-state index in [0.29, 0.717) is 6.54 Å². The van der Waals surface area contributed by atoms with Gasteiger partial charge in [0.05, 0.1) is 12.2 Å². The van der Waals surface area contributed by atoms with Gasteiger partial charge in [-0.15, -0.1) is 0 Å². The molecule has 0 saturated heterocycles. The summed E-state index contributed by atoms with van der Waals surface area (Å²) < 4.78 is 3.92. The van der Waals surface area contributed by atoms with Crippen LogP contribution in [0.4, 0.5) is 5.82 Å². The van der Waals surface area contributed by atoms with E-state index in [0.717, 1.165) is 23.0 Å². The number of rotatable bonds is 5. The molecule has 0 spiro atoms. The molecule has 118 valence electrons. The summed E-state index contributed by atoms with van der Waals surface area (Å²) in [5, 5.41) is 7.88. The van der Waals surface area contributed by atoms with Crippen molar-refractivity contribution in [2.75, 3.05) is 5.32 Å². The molecule has 4 rings (SSSR count). The third-order valence-electron chi connectivity index (χ3n) is 3.79. The molecule has 0 amide bonds. The topological polar surface area (TPSA) is 47.7 Å². The molecule has 2 aromatic heterocycles. The highest BCUT2D eigenvalue weighted by molar-refractivity contribution is 5.39. The molecule has 5 nitrogen and oxygen atoms in total. The lowest BCUT2D eigenvalue weighted by molar-refractivity contribution is 0.859. The van der Waals surface area contributed by atoms with E-state index in [2.05, 4.69) is 32.1 Å². The van der Waals surface area contributed by atoms with Crippen LogP contribution < -0.4 is 5.32 Å². The van der Waals surface area contributed by atoms with Crippen molar-refractivity contribution in [3.63, 3.8) is 0 Å². The Balaban J connectivity index is 1.49. The van der Waals surface area contributed by atoms with E-state index in [9.17, 15) is 0 Å². The molecular weight excluding hydrogens is 298 g/mol. The third-order valence-corrected chi connectivity index (χ3v) is 3.79. The minimum Gasteiger partial charge on any atom is -0.361 e. The molecule has 0 bridgehead atoms. The van der Waals surface area contributed by atoms with Gasteiger partial charge in [0.1, 0.15) is 11.6 Å². The first-order chi connectivity index (χ1) is 11.9. The van der Waals surface area contributed by atoms with E-state index < -0.39 is 0 Å². The van der Waals surface area contributed by atoms with E-state index in [-0.39, 0.29) is 0 Å². The number of imidazole rings is 1. The zero-order chi connectivity index (χ0) is 16.2. The van der Waals surface area contributed by atoms with Gasteiger partial charge in [-0.25, -0.2) is 9.67 Å². The van der Waals surface area contributed by atoms with E-state index in [1.807, 2.05) is 77.9 Å². The molecule has 0 atom stereocenters. The second-order valence-corrected chi connectivity index (χ2v) is 5.38. The molecule has 2 heterocycles. The summed E-state index contributed by atoms with van der Waals surface area (Å²) in [6.45, 7) is 0.605. The third kappa shape index (κ3) is 2.92. The fourth-order valence-corrected chi connectivity index (χ4v) is 2.60. The Bertz CT molecular complexity index is 909. The van der Waals surface area contributed by atoms with Crippen molar-refractivity contribution in [2.24, 2.45) is 0 Å². The molecule has 0 fully saturated rings. The zero-order valence-electron chi connectivity index (χ0n) is 13.1. The van der Waals surface area contributed by atoms with Gasteiger partial charge < -0.3 is 9.88 Å². The number of hydrogen-bond acceptors (Lipinski definition) is 3. The van der Waals surface area contributed by atoms with Crippen LogP contribution >= 0.6 is 0 Å². The highest BCUT2D eigenvalue weighted by atomic mass is 15.3. The van der Waals surface area contributed by atoms with Gasteiger partial charge in [-0.05, 0) is 24.3 Å². The number of anilines is 1. The Hall–Kier alpha value is -3.34. The van der Waals surface area contributed by atoms with E-state index in [1.54, 1.807) is 0 Å². The van der Waals surface area contributed by atoms with Crippen molar-refractivity contribution >= 4 is 5.82 Å². The van der Waals surface area contributed by atoms with Crippen LogP contribution in [0.1, 0.15) is 5.82 Å².